The molecule has 3 aromatic rings. The van der Waals surface area contributed by atoms with Crippen LogP contribution in [0.1, 0.15) is 23.5 Å². The number of rotatable bonds is 4. The quantitative estimate of drug-likeness (QED) is 0.745. The minimum Gasteiger partial charge on any atom is -0.361 e. The lowest BCUT2D eigenvalue weighted by Crippen LogP contribution is -2.31. The van der Waals surface area contributed by atoms with Gasteiger partial charge in [-0.25, -0.2) is 4.39 Å². The molecule has 1 amide bonds. The Balaban J connectivity index is 1.39. The molecule has 1 unspecified atom stereocenters. The molecule has 1 aliphatic rings. The van der Waals surface area contributed by atoms with Crippen LogP contribution in [0.5, 0.6) is 0 Å². The molecule has 0 aliphatic carbocycles. The van der Waals surface area contributed by atoms with Crippen molar-refractivity contribution in [1.29, 1.82) is 5.26 Å². The number of benzene rings is 2. The smallest absolute Gasteiger partial charge is 0.238 e. The van der Waals surface area contributed by atoms with Crippen molar-refractivity contribution in [2.24, 2.45) is 0 Å². The molecule has 1 aromatic heterocycles. The summed E-state index contributed by atoms with van der Waals surface area (Å²) in [5.41, 5.74) is 3.44. The van der Waals surface area contributed by atoms with Crippen molar-refractivity contribution in [2.45, 2.75) is 12.3 Å². The summed E-state index contributed by atoms with van der Waals surface area (Å²) in [6.45, 7) is 1.98. The summed E-state index contributed by atoms with van der Waals surface area (Å²) < 4.78 is 12.9. The number of amides is 1. The number of hydrogen-bond donors (Lipinski definition) is 2. The van der Waals surface area contributed by atoms with Crippen molar-refractivity contribution in [2.75, 3.05) is 25.0 Å². The predicted molar refractivity (Wildman–Crippen MR) is 102 cm³/mol. The van der Waals surface area contributed by atoms with Crippen LogP contribution in [-0.4, -0.2) is 35.4 Å². The summed E-state index contributed by atoms with van der Waals surface area (Å²) in [7, 11) is 0. The molecule has 0 radical (unpaired) electrons. The lowest BCUT2D eigenvalue weighted by molar-refractivity contribution is -0.117. The number of halogens is 1. The molecule has 1 fully saturated rings. The van der Waals surface area contributed by atoms with Crippen LogP contribution in [0.2, 0.25) is 0 Å². The Morgan fingerprint density at radius 2 is 2.11 bits per heavy atom. The lowest BCUT2D eigenvalue weighted by atomic mass is 9.97. The number of aromatic amines is 1. The maximum Gasteiger partial charge on any atom is 0.238 e. The number of fused-ring (bicyclic) bond motifs is 1. The van der Waals surface area contributed by atoms with E-state index >= 15 is 0 Å². The molecule has 0 saturated carbocycles. The number of H-pyrrole nitrogens is 1. The van der Waals surface area contributed by atoms with Gasteiger partial charge in [0.15, 0.2) is 0 Å². The number of hydrogen-bond acceptors (Lipinski definition) is 3. The van der Waals surface area contributed by atoms with Crippen LogP contribution in [0.25, 0.3) is 10.9 Å². The van der Waals surface area contributed by atoms with E-state index in [2.05, 4.69) is 21.3 Å². The topological polar surface area (TPSA) is 71.9 Å². The Kier molecular flexibility index (Phi) is 4.61. The van der Waals surface area contributed by atoms with E-state index in [0.717, 1.165) is 30.4 Å². The molecule has 2 heterocycles. The first-order valence-electron chi connectivity index (χ1n) is 8.91. The van der Waals surface area contributed by atoms with Crippen molar-refractivity contribution in [1.82, 2.24) is 9.88 Å². The van der Waals surface area contributed by atoms with E-state index in [4.69, 9.17) is 5.26 Å². The van der Waals surface area contributed by atoms with Gasteiger partial charge in [-0.3, -0.25) is 9.69 Å². The van der Waals surface area contributed by atoms with Crippen molar-refractivity contribution in [3.63, 3.8) is 0 Å². The number of carbonyl (C=O) groups excluding carboxylic acids is 1. The number of nitrogens with one attached hydrogen (secondary N) is 2. The molecule has 5 nitrogen and oxygen atoms in total. The van der Waals surface area contributed by atoms with Gasteiger partial charge in [0, 0.05) is 29.3 Å². The van der Waals surface area contributed by atoms with E-state index < -0.39 is 0 Å². The van der Waals surface area contributed by atoms with Gasteiger partial charge in [-0.1, -0.05) is 6.07 Å². The number of anilines is 1. The fourth-order valence-corrected chi connectivity index (χ4v) is 3.72. The fraction of sp³-hybridized carbons (Fsp3) is 0.238. The SMILES string of the molecule is N#Cc1ccc2c(C3CCN(CC(=O)Nc4ccc(F)cc4)C3)c[nH]c2c1. The number of carbonyl (C=O) groups is 1. The highest BCUT2D eigenvalue weighted by Gasteiger charge is 2.27. The summed E-state index contributed by atoms with van der Waals surface area (Å²) >= 11 is 0. The van der Waals surface area contributed by atoms with Crippen molar-refractivity contribution < 1.29 is 9.18 Å². The Bertz CT molecular complexity index is 1020. The van der Waals surface area contributed by atoms with Crippen molar-refractivity contribution in [3.8, 4) is 6.07 Å². The highest BCUT2D eigenvalue weighted by Crippen LogP contribution is 2.32. The summed E-state index contributed by atoms with van der Waals surface area (Å²) in [6, 6.07) is 13.6. The third-order valence-electron chi connectivity index (χ3n) is 5.05. The van der Waals surface area contributed by atoms with Gasteiger partial charge in [-0.2, -0.15) is 5.26 Å². The minimum atomic E-state index is -0.323. The van der Waals surface area contributed by atoms with Crippen LogP contribution in [-0.2, 0) is 4.79 Å². The largest absolute Gasteiger partial charge is 0.361 e. The van der Waals surface area contributed by atoms with Gasteiger partial charge in [-0.05, 0) is 60.8 Å². The second-order valence-corrected chi connectivity index (χ2v) is 6.89. The molecule has 27 heavy (non-hydrogen) atoms. The van der Waals surface area contributed by atoms with Gasteiger partial charge in [0.2, 0.25) is 5.91 Å². The van der Waals surface area contributed by atoms with E-state index in [-0.39, 0.29) is 11.7 Å². The van der Waals surface area contributed by atoms with E-state index in [1.165, 1.54) is 17.7 Å². The molecular formula is C21H19FN4O. The Morgan fingerprint density at radius 3 is 2.89 bits per heavy atom. The average Bonchev–Trinajstić information content (AvgIpc) is 3.29. The van der Waals surface area contributed by atoms with Gasteiger partial charge < -0.3 is 10.3 Å². The number of likely N-dealkylation sites (tertiary alicyclic amines) is 1. The van der Waals surface area contributed by atoms with Crippen molar-refractivity contribution >= 4 is 22.5 Å². The monoisotopic (exact) mass is 362 g/mol. The van der Waals surface area contributed by atoms with Crippen LogP contribution in [0.15, 0.2) is 48.7 Å². The molecule has 1 saturated heterocycles. The molecule has 1 atom stereocenters. The molecule has 136 valence electrons. The van der Waals surface area contributed by atoms with E-state index in [1.54, 1.807) is 12.1 Å². The molecule has 2 N–H and O–H groups in total. The van der Waals surface area contributed by atoms with E-state index in [9.17, 15) is 9.18 Å². The number of nitrogens with zero attached hydrogens (tertiary/aromatic N) is 2. The van der Waals surface area contributed by atoms with Crippen LogP contribution in [0.3, 0.4) is 0 Å². The normalized spacial score (nSPS) is 17.1. The Morgan fingerprint density at radius 1 is 1.30 bits per heavy atom. The first kappa shape index (κ1) is 17.3. The van der Waals surface area contributed by atoms with Gasteiger partial charge in [-0.15, -0.1) is 0 Å². The Labute approximate surface area is 156 Å². The first-order valence-corrected chi connectivity index (χ1v) is 8.91. The van der Waals surface area contributed by atoms with Crippen LogP contribution in [0.4, 0.5) is 10.1 Å². The average molecular weight is 362 g/mol. The summed E-state index contributed by atoms with van der Waals surface area (Å²) in [6.07, 6.45) is 3.00. The molecule has 2 aromatic carbocycles. The maximum absolute atomic E-state index is 12.9. The maximum atomic E-state index is 12.9. The molecule has 4 rings (SSSR count). The summed E-state index contributed by atoms with van der Waals surface area (Å²) in [4.78, 5) is 17.6. The summed E-state index contributed by atoms with van der Waals surface area (Å²) in [5, 5.41) is 13.0. The fourth-order valence-electron chi connectivity index (χ4n) is 3.72. The molecule has 0 spiro atoms. The van der Waals surface area contributed by atoms with Crippen LogP contribution in [0, 0.1) is 17.1 Å². The highest BCUT2D eigenvalue weighted by molar-refractivity contribution is 5.92. The van der Waals surface area contributed by atoms with Crippen LogP contribution < -0.4 is 5.32 Å². The second kappa shape index (κ2) is 7.22. The molecule has 6 heteroatoms. The van der Waals surface area contributed by atoms with Crippen molar-refractivity contribution in [3.05, 3.63) is 65.6 Å². The molecular weight excluding hydrogens is 343 g/mol. The van der Waals surface area contributed by atoms with Gasteiger partial charge in [0.1, 0.15) is 5.82 Å². The first-order chi connectivity index (χ1) is 13.1. The molecule has 1 aliphatic heterocycles. The number of aromatic nitrogens is 1. The predicted octanol–water partition coefficient (Wildman–Crippen LogP) is 3.61. The Hall–Kier alpha value is -3.17. The van der Waals surface area contributed by atoms with Gasteiger partial charge in [0.25, 0.3) is 0 Å². The van der Waals surface area contributed by atoms with E-state index in [1.807, 2.05) is 24.4 Å². The summed E-state index contributed by atoms with van der Waals surface area (Å²) in [5.74, 6) is -0.0684. The molecule has 0 bridgehead atoms. The van der Waals surface area contributed by atoms with E-state index in [0.29, 0.717) is 23.7 Å². The third-order valence-corrected chi connectivity index (χ3v) is 5.05. The zero-order chi connectivity index (χ0) is 18.8. The second-order valence-electron chi connectivity index (χ2n) is 6.89. The standard InChI is InChI=1S/C21H19FN4O/c22-16-2-4-17(5-3-16)25-21(27)13-26-8-7-15(12-26)19-11-24-20-9-14(10-23)1-6-18(19)20/h1-6,9,11,15,24H,7-8,12-13H2,(H,25,27). The third kappa shape index (κ3) is 3.69. The zero-order valence-corrected chi connectivity index (χ0v) is 14.7. The van der Waals surface area contributed by atoms with Crippen LogP contribution >= 0.6 is 0 Å². The lowest BCUT2D eigenvalue weighted by Gasteiger charge is -2.15. The zero-order valence-electron chi connectivity index (χ0n) is 14.7. The van der Waals surface area contributed by atoms with Gasteiger partial charge >= 0.3 is 0 Å². The highest BCUT2D eigenvalue weighted by atomic mass is 19.1. The van der Waals surface area contributed by atoms with Gasteiger partial charge in [0.05, 0.1) is 18.2 Å². The minimum absolute atomic E-state index is 0.0974. The number of nitriles is 1.